The number of allylic oxidation sites excluding steroid dienone is 2. The Labute approximate surface area is 328 Å². The van der Waals surface area contributed by atoms with Crippen molar-refractivity contribution >= 4 is 97.0 Å². The lowest BCUT2D eigenvalue weighted by Gasteiger charge is -2.38. The number of likely N-dealkylation sites (N-methyl/N-ethyl adjacent to an activating group) is 1. The van der Waals surface area contributed by atoms with Crippen LogP contribution in [0.1, 0.15) is 24.1 Å². The molecule has 3 heterocycles. The molecule has 0 amide bonds. The van der Waals surface area contributed by atoms with Crippen LogP contribution in [0.2, 0.25) is 0 Å². The molecule has 266 valence electrons. The summed E-state index contributed by atoms with van der Waals surface area (Å²) in [6, 6.07) is 55.6. The Hall–Kier alpha value is -6.49. The van der Waals surface area contributed by atoms with E-state index in [1.54, 1.807) is 0 Å². The predicted octanol–water partition coefficient (Wildman–Crippen LogP) is 13.6. The summed E-state index contributed by atoms with van der Waals surface area (Å²) in [5.41, 5.74) is 8.49. The van der Waals surface area contributed by atoms with Crippen LogP contribution in [-0.4, -0.2) is 23.5 Å². The fourth-order valence-corrected chi connectivity index (χ4v) is 11.3. The lowest BCUT2D eigenvalue weighted by molar-refractivity contribution is 0.503. The molecule has 1 aliphatic carbocycles. The molecule has 56 heavy (non-hydrogen) atoms. The van der Waals surface area contributed by atoms with Crippen LogP contribution in [0.25, 0.3) is 74.3 Å². The van der Waals surface area contributed by atoms with Gasteiger partial charge >= 0.3 is 0 Å². The Balaban J connectivity index is 1.07. The number of rotatable bonds is 3. The second-order valence-corrected chi connectivity index (χ2v) is 16.5. The topological polar surface area (TPSA) is 20.5 Å². The summed E-state index contributed by atoms with van der Waals surface area (Å²) < 4.78 is 5.35. The maximum atomic E-state index is 5.69. The zero-order valence-electron chi connectivity index (χ0n) is 31.1. The molecule has 12 rings (SSSR count). The van der Waals surface area contributed by atoms with Crippen LogP contribution in [0.3, 0.4) is 0 Å². The van der Waals surface area contributed by atoms with Gasteiger partial charge < -0.3 is 9.47 Å². The van der Waals surface area contributed by atoms with E-state index < -0.39 is 0 Å². The van der Waals surface area contributed by atoms with Gasteiger partial charge in [-0.25, -0.2) is 0 Å². The van der Waals surface area contributed by atoms with E-state index in [9.17, 15) is 0 Å². The summed E-state index contributed by atoms with van der Waals surface area (Å²) in [6.45, 7) is 2.39. The first kappa shape index (κ1) is 31.8. The third kappa shape index (κ3) is 4.36. The van der Waals surface area contributed by atoms with Gasteiger partial charge in [0, 0.05) is 55.3 Å². The van der Waals surface area contributed by atoms with Crippen LogP contribution in [0.4, 0.5) is 5.69 Å². The molecule has 0 radical (unpaired) electrons. The number of hydrogen-bond acceptors (Lipinski definition) is 3. The lowest BCUT2D eigenvalue weighted by Crippen LogP contribution is -2.38. The molecule has 2 aromatic heterocycles. The number of aliphatic imine (C=N–C) groups is 1. The number of hydrogen-bond donors (Lipinski definition) is 0. The van der Waals surface area contributed by atoms with E-state index in [0.717, 1.165) is 11.3 Å². The Morgan fingerprint density at radius 1 is 0.571 bits per heavy atom. The fraction of sp³-hybridized carbons (Fsp3) is 0.0962. The van der Waals surface area contributed by atoms with Gasteiger partial charge in [0.25, 0.3) is 0 Å². The van der Waals surface area contributed by atoms with Crippen LogP contribution in [0.15, 0.2) is 180 Å². The molecule has 0 saturated carbocycles. The predicted molar refractivity (Wildman–Crippen MR) is 241 cm³/mol. The maximum absolute atomic E-state index is 5.69. The van der Waals surface area contributed by atoms with Crippen molar-refractivity contribution in [2.45, 2.75) is 19.1 Å². The number of fused-ring (bicyclic) bond motifs is 16. The van der Waals surface area contributed by atoms with Gasteiger partial charge in [-0.3, -0.25) is 4.99 Å². The second-order valence-electron chi connectivity index (χ2n) is 15.5. The van der Waals surface area contributed by atoms with Gasteiger partial charge in [0.1, 0.15) is 6.17 Å². The molecule has 0 spiro atoms. The first-order chi connectivity index (χ1) is 27.7. The van der Waals surface area contributed by atoms with Crippen molar-refractivity contribution in [3.8, 4) is 0 Å². The minimum atomic E-state index is -0.182. The largest absolute Gasteiger partial charge is 0.348 e. The Morgan fingerprint density at radius 2 is 1.16 bits per heavy atom. The highest BCUT2D eigenvalue weighted by Crippen LogP contribution is 2.50. The number of nitrogens with zero attached hydrogens (tertiary/aromatic N) is 3. The average molecular weight is 736 g/mol. The van der Waals surface area contributed by atoms with Gasteiger partial charge in [0.05, 0.1) is 27.7 Å². The molecular formula is C52H37N3S. The van der Waals surface area contributed by atoms with Crippen molar-refractivity contribution in [2.75, 3.05) is 11.9 Å². The molecule has 2 unspecified atom stereocenters. The van der Waals surface area contributed by atoms with E-state index in [1.807, 2.05) is 11.3 Å². The third-order valence-corrected chi connectivity index (χ3v) is 13.6. The fourth-order valence-electron chi connectivity index (χ4n) is 10.0. The van der Waals surface area contributed by atoms with Crippen LogP contribution in [-0.2, 0) is 0 Å². The molecule has 1 aliphatic heterocycles. The second kappa shape index (κ2) is 12.0. The smallest absolute Gasteiger partial charge is 0.147 e. The normalized spacial score (nSPS) is 18.5. The highest BCUT2D eigenvalue weighted by Gasteiger charge is 2.34. The van der Waals surface area contributed by atoms with Crippen LogP contribution < -0.4 is 4.90 Å². The minimum Gasteiger partial charge on any atom is -0.348 e. The van der Waals surface area contributed by atoms with Gasteiger partial charge in [0.2, 0.25) is 0 Å². The molecule has 8 aromatic carbocycles. The van der Waals surface area contributed by atoms with Crippen molar-refractivity contribution in [1.82, 2.24) is 4.57 Å². The number of thiophene rings is 1. The van der Waals surface area contributed by atoms with Crippen molar-refractivity contribution in [1.29, 1.82) is 0 Å². The summed E-state index contributed by atoms with van der Waals surface area (Å²) >= 11 is 1.93. The molecule has 0 N–H and O–H groups in total. The summed E-state index contributed by atoms with van der Waals surface area (Å²) in [7, 11) is 2.23. The van der Waals surface area contributed by atoms with Crippen LogP contribution in [0, 0.1) is 5.92 Å². The molecule has 2 aliphatic rings. The molecule has 10 aromatic rings. The van der Waals surface area contributed by atoms with Crippen LogP contribution >= 0.6 is 11.3 Å². The van der Waals surface area contributed by atoms with E-state index in [0.29, 0.717) is 0 Å². The molecule has 0 saturated heterocycles. The zero-order valence-corrected chi connectivity index (χ0v) is 32.0. The van der Waals surface area contributed by atoms with Gasteiger partial charge in [0.15, 0.2) is 0 Å². The first-order valence-corrected chi connectivity index (χ1v) is 20.4. The van der Waals surface area contributed by atoms with E-state index in [2.05, 4.69) is 193 Å². The monoisotopic (exact) mass is 735 g/mol. The lowest BCUT2D eigenvalue weighted by atomic mass is 9.86. The highest BCUT2D eigenvalue weighted by molar-refractivity contribution is 7.27. The zero-order chi connectivity index (χ0) is 37.1. The van der Waals surface area contributed by atoms with Crippen molar-refractivity contribution < 1.29 is 0 Å². The standard InChI is InChI=1S/C52H37N3S/c1-31-30-33(52-53-48(32-16-4-3-5-17-32)47-36-20-8-6-18-34(36)35-19-7-11-23-39(35)49(47)54(52)2)28-29-42(31)55-43-26-14-12-24-40(43)45-37-21-9-10-22-38(37)46-41-25-13-15-27-44(41)56-51(46)50(45)55/h3-31,42,52H,1-2H3/t31-,42?,52?/m1/s1. The van der Waals surface area contributed by atoms with E-state index >= 15 is 0 Å². The number of anilines is 1. The SMILES string of the molecule is C[C@@H]1C=C(C2N=C(c3ccccc3)c3c(c4ccccc4c4ccccc34)N2C)C=CC1n1c2ccccc2c2c3ccccc3c3c4ccccc4sc3c21. The minimum absolute atomic E-state index is 0.124. The Morgan fingerprint density at radius 3 is 1.91 bits per heavy atom. The summed E-state index contributed by atoms with van der Waals surface area (Å²) in [5.74, 6) is 0.212. The molecular weight excluding hydrogens is 699 g/mol. The van der Waals surface area contributed by atoms with Gasteiger partial charge in [-0.05, 0) is 50.6 Å². The van der Waals surface area contributed by atoms with E-state index in [4.69, 9.17) is 4.99 Å². The van der Waals surface area contributed by atoms with Crippen molar-refractivity contribution in [3.05, 3.63) is 187 Å². The molecule has 3 atom stereocenters. The Bertz CT molecular complexity index is 3360. The molecule has 4 heteroatoms. The summed E-state index contributed by atoms with van der Waals surface area (Å²) in [6.07, 6.45) is 7.14. The molecule has 0 fully saturated rings. The quantitative estimate of drug-likeness (QED) is 0.166. The molecule has 3 nitrogen and oxygen atoms in total. The highest BCUT2D eigenvalue weighted by atomic mass is 32.1. The third-order valence-electron chi connectivity index (χ3n) is 12.4. The maximum Gasteiger partial charge on any atom is 0.147 e. The van der Waals surface area contributed by atoms with Crippen molar-refractivity contribution in [2.24, 2.45) is 10.9 Å². The number of para-hydroxylation sites is 1. The van der Waals surface area contributed by atoms with Gasteiger partial charge in [-0.15, -0.1) is 11.3 Å². The molecule has 0 bridgehead atoms. The van der Waals surface area contributed by atoms with E-state index in [-0.39, 0.29) is 18.1 Å². The van der Waals surface area contributed by atoms with Crippen LogP contribution in [0.5, 0.6) is 0 Å². The Kier molecular flexibility index (Phi) is 6.82. The summed E-state index contributed by atoms with van der Waals surface area (Å²) in [4.78, 5) is 8.12. The summed E-state index contributed by atoms with van der Waals surface area (Å²) in [5, 5.41) is 13.1. The van der Waals surface area contributed by atoms with E-state index in [1.165, 1.54) is 91.1 Å². The van der Waals surface area contributed by atoms with Gasteiger partial charge in [-0.2, -0.15) is 0 Å². The van der Waals surface area contributed by atoms with Gasteiger partial charge in [-0.1, -0.05) is 165 Å². The van der Waals surface area contributed by atoms with Crippen molar-refractivity contribution in [3.63, 3.8) is 0 Å². The average Bonchev–Trinajstić information content (AvgIpc) is 3.81. The first-order valence-electron chi connectivity index (χ1n) is 19.6. The number of benzene rings is 8. The number of aromatic nitrogens is 1.